The molecule has 6 heteroatoms. The monoisotopic (exact) mass is 346 g/mol. The molecule has 0 radical (unpaired) electrons. The lowest BCUT2D eigenvalue weighted by Crippen LogP contribution is -2.05. The molecule has 4 rings (SSSR count). The normalized spacial score (nSPS) is 11.0. The van der Waals surface area contributed by atoms with Gasteiger partial charge in [-0.2, -0.15) is 0 Å². The Morgan fingerprint density at radius 2 is 1.42 bits per heavy atom. The van der Waals surface area contributed by atoms with Crippen LogP contribution in [-0.4, -0.2) is 15.1 Å². The van der Waals surface area contributed by atoms with Crippen molar-refractivity contribution in [3.05, 3.63) is 66.5 Å². The molecule has 0 amide bonds. The molecule has 128 valence electrons. The van der Waals surface area contributed by atoms with Crippen molar-refractivity contribution in [2.75, 3.05) is 11.5 Å². The molecule has 1 aromatic heterocycles. The van der Waals surface area contributed by atoms with Gasteiger partial charge in [-0.1, -0.05) is 24.3 Å². The maximum atomic E-state index is 13.2. The second kappa shape index (κ2) is 6.00. The number of nitrogen functional groups attached to an aromatic ring is 2. The molecular formula is C20H15FN4O. The van der Waals surface area contributed by atoms with E-state index in [1.165, 1.54) is 12.1 Å². The van der Waals surface area contributed by atoms with Crippen LogP contribution in [0.5, 0.6) is 5.75 Å². The molecular weight excluding hydrogens is 331 g/mol. The quantitative estimate of drug-likeness (QED) is 0.510. The largest absolute Gasteiger partial charge is 0.507 e. The number of nitrogens with zero attached hydrogens (tertiary/aromatic N) is 2. The smallest absolute Gasteiger partial charge is 0.221 e. The number of benzene rings is 3. The van der Waals surface area contributed by atoms with Crippen LogP contribution in [0.25, 0.3) is 33.3 Å². The molecule has 0 bridgehead atoms. The zero-order valence-electron chi connectivity index (χ0n) is 13.6. The maximum Gasteiger partial charge on any atom is 0.221 e. The summed E-state index contributed by atoms with van der Waals surface area (Å²) in [5.74, 6) is -0.117. The van der Waals surface area contributed by atoms with Gasteiger partial charge in [0, 0.05) is 16.5 Å². The van der Waals surface area contributed by atoms with E-state index in [9.17, 15) is 9.50 Å². The molecule has 0 saturated heterocycles. The van der Waals surface area contributed by atoms with Crippen molar-refractivity contribution >= 4 is 22.4 Å². The van der Waals surface area contributed by atoms with Crippen molar-refractivity contribution < 1.29 is 9.50 Å². The minimum absolute atomic E-state index is 0.0608. The summed E-state index contributed by atoms with van der Waals surface area (Å²) in [6.45, 7) is 0. The minimum atomic E-state index is -0.348. The first kappa shape index (κ1) is 15.8. The molecule has 0 atom stereocenters. The first-order valence-corrected chi connectivity index (χ1v) is 7.94. The van der Waals surface area contributed by atoms with Crippen molar-refractivity contribution in [3.8, 4) is 28.3 Å². The van der Waals surface area contributed by atoms with Crippen LogP contribution in [0.4, 0.5) is 16.0 Å². The van der Waals surface area contributed by atoms with E-state index in [0.717, 1.165) is 10.9 Å². The first-order chi connectivity index (χ1) is 12.5. The molecule has 0 aliphatic carbocycles. The lowest BCUT2D eigenvalue weighted by molar-refractivity contribution is 0.481. The first-order valence-electron chi connectivity index (χ1n) is 7.94. The van der Waals surface area contributed by atoms with Crippen molar-refractivity contribution in [3.63, 3.8) is 0 Å². The minimum Gasteiger partial charge on any atom is -0.507 e. The molecule has 0 fully saturated rings. The highest BCUT2D eigenvalue weighted by Crippen LogP contribution is 2.38. The Balaban J connectivity index is 1.99. The van der Waals surface area contributed by atoms with E-state index in [-0.39, 0.29) is 17.5 Å². The molecule has 0 saturated carbocycles. The fourth-order valence-corrected chi connectivity index (χ4v) is 3.01. The average molecular weight is 346 g/mol. The molecule has 3 aromatic carbocycles. The molecule has 0 aliphatic heterocycles. The predicted octanol–water partition coefficient (Wildman–Crippen LogP) is 3.97. The average Bonchev–Trinajstić information content (AvgIpc) is 2.65. The number of aromatic hydroxyl groups is 1. The van der Waals surface area contributed by atoms with Gasteiger partial charge >= 0.3 is 0 Å². The van der Waals surface area contributed by atoms with Crippen molar-refractivity contribution in [2.45, 2.75) is 0 Å². The van der Waals surface area contributed by atoms with Gasteiger partial charge in [-0.15, -0.1) is 0 Å². The number of fused-ring (bicyclic) bond motifs is 1. The van der Waals surface area contributed by atoms with Crippen LogP contribution in [0.1, 0.15) is 0 Å². The molecule has 5 N–H and O–H groups in total. The van der Waals surface area contributed by atoms with Crippen molar-refractivity contribution in [1.29, 1.82) is 0 Å². The van der Waals surface area contributed by atoms with E-state index < -0.39 is 0 Å². The Morgan fingerprint density at radius 3 is 2.15 bits per heavy atom. The van der Waals surface area contributed by atoms with Gasteiger partial charge in [-0.3, -0.25) is 0 Å². The number of phenolic OH excluding ortho intramolecular Hbond substituents is 1. The number of nitrogens with two attached hydrogens (primary N) is 2. The number of anilines is 2. The number of hydrogen-bond donors (Lipinski definition) is 3. The zero-order chi connectivity index (χ0) is 18.3. The molecule has 4 aromatic rings. The number of halogens is 1. The van der Waals surface area contributed by atoms with Gasteiger partial charge in [0.05, 0.1) is 11.4 Å². The van der Waals surface area contributed by atoms with Gasteiger partial charge in [0.1, 0.15) is 17.3 Å². The Kier molecular flexibility index (Phi) is 3.65. The van der Waals surface area contributed by atoms with E-state index in [4.69, 9.17) is 11.5 Å². The highest BCUT2D eigenvalue weighted by atomic mass is 19.1. The lowest BCUT2D eigenvalue weighted by Gasteiger charge is -2.13. The number of hydrogen-bond acceptors (Lipinski definition) is 5. The Hall–Kier alpha value is -3.67. The van der Waals surface area contributed by atoms with Gasteiger partial charge < -0.3 is 16.6 Å². The van der Waals surface area contributed by atoms with E-state index in [1.807, 2.05) is 24.3 Å². The van der Waals surface area contributed by atoms with Gasteiger partial charge in [0.25, 0.3) is 0 Å². The van der Waals surface area contributed by atoms with Crippen LogP contribution in [0.15, 0.2) is 60.7 Å². The molecule has 0 aliphatic rings. The van der Waals surface area contributed by atoms with Crippen molar-refractivity contribution in [1.82, 2.24) is 9.97 Å². The fourth-order valence-electron chi connectivity index (χ4n) is 3.01. The summed E-state index contributed by atoms with van der Waals surface area (Å²) < 4.78 is 13.2. The summed E-state index contributed by atoms with van der Waals surface area (Å²) in [6.07, 6.45) is 0. The van der Waals surface area contributed by atoms with Crippen LogP contribution in [0, 0.1) is 5.82 Å². The van der Waals surface area contributed by atoms with Crippen LogP contribution < -0.4 is 11.5 Å². The number of rotatable bonds is 2. The molecule has 0 spiro atoms. The van der Waals surface area contributed by atoms with E-state index in [1.54, 1.807) is 24.3 Å². The van der Waals surface area contributed by atoms with Gasteiger partial charge in [0.2, 0.25) is 5.95 Å². The Morgan fingerprint density at radius 1 is 0.769 bits per heavy atom. The summed E-state index contributed by atoms with van der Waals surface area (Å²) in [7, 11) is 0. The highest BCUT2D eigenvalue weighted by molar-refractivity contribution is 6.02. The second-order valence-corrected chi connectivity index (χ2v) is 5.88. The maximum absolute atomic E-state index is 13.2. The third-order valence-electron chi connectivity index (χ3n) is 4.24. The SMILES string of the molecule is Nc1nc(-c2ccc(F)cc2)c(N)c(-c2ccc(O)c3ccccc23)n1. The summed E-state index contributed by atoms with van der Waals surface area (Å²) in [6, 6.07) is 16.6. The summed E-state index contributed by atoms with van der Waals surface area (Å²) in [5, 5.41) is 11.6. The predicted molar refractivity (Wildman–Crippen MR) is 101 cm³/mol. The molecule has 1 heterocycles. The van der Waals surface area contributed by atoms with Crippen molar-refractivity contribution in [2.24, 2.45) is 0 Å². The molecule has 5 nitrogen and oxygen atoms in total. The van der Waals surface area contributed by atoms with E-state index in [2.05, 4.69) is 9.97 Å². The lowest BCUT2D eigenvalue weighted by atomic mass is 9.98. The van der Waals surface area contributed by atoms with Crippen LogP contribution in [0.3, 0.4) is 0 Å². The standard InChI is InChI=1S/C20H15FN4O/c21-12-7-5-11(6-8-12)18-17(22)19(25-20(23)24-18)15-9-10-16(26)14-4-2-1-3-13(14)15/h1-10,26H,22H2,(H2,23,24,25). The third-order valence-corrected chi connectivity index (χ3v) is 4.24. The second-order valence-electron chi connectivity index (χ2n) is 5.88. The molecule has 26 heavy (non-hydrogen) atoms. The van der Waals surface area contributed by atoms with Gasteiger partial charge in [0.15, 0.2) is 0 Å². The Labute approximate surface area is 148 Å². The Bertz CT molecular complexity index is 1130. The zero-order valence-corrected chi connectivity index (χ0v) is 13.6. The summed E-state index contributed by atoms with van der Waals surface area (Å²) >= 11 is 0. The number of phenols is 1. The summed E-state index contributed by atoms with van der Waals surface area (Å²) in [5.41, 5.74) is 14.9. The topological polar surface area (TPSA) is 98.0 Å². The fraction of sp³-hybridized carbons (Fsp3) is 0. The van der Waals surface area contributed by atoms with Crippen LogP contribution in [0.2, 0.25) is 0 Å². The summed E-state index contributed by atoms with van der Waals surface area (Å²) in [4.78, 5) is 8.54. The van der Waals surface area contributed by atoms with Crippen LogP contribution >= 0.6 is 0 Å². The van der Waals surface area contributed by atoms with E-state index in [0.29, 0.717) is 28.0 Å². The highest BCUT2D eigenvalue weighted by Gasteiger charge is 2.17. The third kappa shape index (κ3) is 2.57. The van der Waals surface area contributed by atoms with Gasteiger partial charge in [-0.05, 0) is 41.8 Å². The molecule has 0 unspecified atom stereocenters. The van der Waals surface area contributed by atoms with Crippen LogP contribution in [-0.2, 0) is 0 Å². The van der Waals surface area contributed by atoms with Gasteiger partial charge in [-0.25, -0.2) is 14.4 Å². The van der Waals surface area contributed by atoms with E-state index >= 15 is 0 Å². The number of aromatic nitrogens is 2.